The summed E-state index contributed by atoms with van der Waals surface area (Å²) in [4.78, 5) is 19.4. The molecule has 7 nitrogen and oxygen atoms in total. The summed E-state index contributed by atoms with van der Waals surface area (Å²) in [6, 6.07) is 10.9. The van der Waals surface area contributed by atoms with Crippen molar-refractivity contribution in [2.24, 2.45) is 4.99 Å². The summed E-state index contributed by atoms with van der Waals surface area (Å²) in [6.45, 7) is 0. The number of methoxy groups -OCH3 is 1. The molecule has 2 aliphatic heterocycles. The fourth-order valence-corrected chi connectivity index (χ4v) is 3.47. The van der Waals surface area contributed by atoms with Crippen molar-refractivity contribution in [2.75, 3.05) is 17.3 Å². The van der Waals surface area contributed by atoms with Crippen LogP contribution in [-0.2, 0) is 0 Å². The lowest BCUT2D eigenvalue weighted by atomic mass is 10.0. The van der Waals surface area contributed by atoms with Crippen LogP contribution in [0, 0.1) is 0 Å². The number of hydrogen-bond donors (Lipinski definition) is 2. The summed E-state index contributed by atoms with van der Waals surface area (Å²) < 4.78 is 10.8. The summed E-state index contributed by atoms with van der Waals surface area (Å²) in [5.41, 5.74) is 2.65. The summed E-state index contributed by atoms with van der Waals surface area (Å²) in [5.74, 6) is 0.387. The number of phenolic OH excluding ortho intramolecular Hbond substituents is 1. The molecule has 28 heavy (non-hydrogen) atoms. The summed E-state index contributed by atoms with van der Waals surface area (Å²) >= 11 is 0. The number of aliphatic imine (C=N–C) groups is 1. The molecule has 0 saturated carbocycles. The molecular formula is C21H15N3O4. The second kappa shape index (κ2) is 6.02. The first-order chi connectivity index (χ1) is 13.7. The van der Waals surface area contributed by atoms with Crippen molar-refractivity contribution in [1.82, 2.24) is 0 Å². The zero-order valence-electron chi connectivity index (χ0n) is 14.8. The number of nitrogens with one attached hydrogen (secondary N) is 1. The number of hydrogen-bond acceptors (Lipinski definition) is 7. The van der Waals surface area contributed by atoms with Crippen molar-refractivity contribution < 1.29 is 19.1 Å². The Morgan fingerprint density at radius 2 is 2.14 bits per heavy atom. The number of carbonyl (C=O) groups excluding carboxylic acids is 1. The normalized spacial score (nSPS) is 14.7. The fourth-order valence-electron chi connectivity index (χ4n) is 3.47. The van der Waals surface area contributed by atoms with Gasteiger partial charge in [0.25, 0.3) is 0 Å². The maximum absolute atomic E-state index is 13.3. The second-order valence-corrected chi connectivity index (χ2v) is 6.35. The van der Waals surface area contributed by atoms with Gasteiger partial charge < -0.3 is 19.6 Å². The van der Waals surface area contributed by atoms with Crippen molar-refractivity contribution in [3.8, 4) is 11.5 Å². The largest absolute Gasteiger partial charge is 0.507 e. The van der Waals surface area contributed by atoms with Crippen LogP contribution in [0.5, 0.6) is 11.5 Å². The molecule has 2 aromatic carbocycles. The Labute approximate surface area is 159 Å². The van der Waals surface area contributed by atoms with E-state index in [0.29, 0.717) is 16.5 Å². The second-order valence-electron chi connectivity index (χ2n) is 6.35. The van der Waals surface area contributed by atoms with Gasteiger partial charge >= 0.3 is 0 Å². The van der Waals surface area contributed by atoms with Crippen LogP contribution in [0.1, 0.15) is 10.4 Å². The molecule has 7 heteroatoms. The van der Waals surface area contributed by atoms with Crippen LogP contribution in [0.4, 0.5) is 11.4 Å². The number of nitrogens with zero attached hydrogens (tertiary/aromatic N) is 2. The number of aromatic hydroxyl groups is 1. The SMILES string of the molecule is COc1c(C(=O)C2=CN3C(=CN=C2)Nc2ccccc23)c(O)cc2occc12. The van der Waals surface area contributed by atoms with Crippen LogP contribution in [0.3, 0.4) is 0 Å². The van der Waals surface area contributed by atoms with Crippen LogP contribution < -0.4 is 15.0 Å². The molecule has 0 bridgehead atoms. The number of ether oxygens (including phenoxy) is 1. The van der Waals surface area contributed by atoms with E-state index >= 15 is 0 Å². The Morgan fingerprint density at radius 1 is 1.29 bits per heavy atom. The Bertz CT molecular complexity index is 1220. The number of benzene rings is 2. The van der Waals surface area contributed by atoms with Gasteiger partial charge in [-0.15, -0.1) is 0 Å². The molecule has 2 aliphatic rings. The Balaban J connectivity index is 1.63. The number of allylic oxidation sites excluding steroid dienone is 1. The van der Waals surface area contributed by atoms with Crippen molar-refractivity contribution in [3.63, 3.8) is 0 Å². The zero-order valence-corrected chi connectivity index (χ0v) is 14.8. The van der Waals surface area contributed by atoms with E-state index in [1.54, 1.807) is 18.5 Å². The molecule has 0 amide bonds. The number of fused-ring (bicyclic) bond motifs is 4. The first-order valence-corrected chi connectivity index (χ1v) is 8.59. The molecular weight excluding hydrogens is 358 g/mol. The molecule has 1 aromatic heterocycles. The topological polar surface area (TPSA) is 87.3 Å². The predicted molar refractivity (Wildman–Crippen MR) is 106 cm³/mol. The smallest absolute Gasteiger partial charge is 0.203 e. The number of ketones is 1. The van der Waals surface area contributed by atoms with Crippen LogP contribution in [-0.4, -0.2) is 24.2 Å². The standard InChI is InChI=1S/C21H15N3O4/c1-27-21-13-6-7-28-17(13)8-16(25)19(21)20(26)12-9-22-10-18-23-14-4-2-3-5-15(14)24(18)11-12/h2-11,23,25H,1H3. The minimum atomic E-state index is -0.403. The molecule has 0 unspecified atom stereocenters. The molecule has 3 aromatic rings. The number of anilines is 2. The van der Waals surface area contributed by atoms with Gasteiger partial charge in [0.1, 0.15) is 28.5 Å². The van der Waals surface area contributed by atoms with Gasteiger partial charge in [0.05, 0.1) is 41.9 Å². The number of furan rings is 1. The summed E-state index contributed by atoms with van der Waals surface area (Å²) in [7, 11) is 1.45. The fraction of sp³-hybridized carbons (Fsp3) is 0.0476. The van der Waals surface area contributed by atoms with Crippen LogP contribution in [0.15, 0.2) is 75.9 Å². The van der Waals surface area contributed by atoms with E-state index in [0.717, 1.165) is 17.2 Å². The van der Waals surface area contributed by atoms with E-state index in [1.165, 1.54) is 25.7 Å². The highest BCUT2D eigenvalue weighted by Gasteiger charge is 2.28. The molecule has 0 aliphatic carbocycles. The maximum atomic E-state index is 13.3. The first kappa shape index (κ1) is 16.2. The zero-order chi connectivity index (χ0) is 19.3. The predicted octanol–water partition coefficient (Wildman–Crippen LogP) is 4.03. The molecule has 0 spiro atoms. The molecule has 2 N–H and O–H groups in total. The number of rotatable bonds is 3. The molecule has 0 atom stereocenters. The van der Waals surface area contributed by atoms with Crippen LogP contribution >= 0.6 is 0 Å². The van der Waals surface area contributed by atoms with Gasteiger partial charge in [-0.25, -0.2) is 0 Å². The molecule has 138 valence electrons. The van der Waals surface area contributed by atoms with E-state index in [4.69, 9.17) is 9.15 Å². The monoisotopic (exact) mass is 373 g/mol. The average molecular weight is 373 g/mol. The van der Waals surface area contributed by atoms with E-state index < -0.39 is 5.78 Å². The number of para-hydroxylation sites is 2. The third kappa shape index (κ3) is 2.30. The maximum Gasteiger partial charge on any atom is 0.203 e. The van der Waals surface area contributed by atoms with Gasteiger partial charge in [-0.2, -0.15) is 0 Å². The van der Waals surface area contributed by atoms with Gasteiger partial charge in [-0.1, -0.05) is 12.1 Å². The minimum Gasteiger partial charge on any atom is -0.507 e. The van der Waals surface area contributed by atoms with E-state index in [1.807, 2.05) is 29.2 Å². The van der Waals surface area contributed by atoms with Crippen LogP contribution in [0.25, 0.3) is 11.0 Å². The molecule has 0 radical (unpaired) electrons. The average Bonchev–Trinajstić information content (AvgIpc) is 3.24. The van der Waals surface area contributed by atoms with Crippen molar-refractivity contribution in [3.05, 3.63) is 72.0 Å². The van der Waals surface area contributed by atoms with E-state index in [2.05, 4.69) is 10.3 Å². The summed E-state index contributed by atoms with van der Waals surface area (Å²) in [6.07, 6.45) is 6.29. The number of Topliss-reactive ketones (excluding diaryl/α,β-unsaturated/α-hetero) is 1. The van der Waals surface area contributed by atoms with Gasteiger partial charge in [0.2, 0.25) is 5.78 Å². The quantitative estimate of drug-likeness (QED) is 0.674. The highest BCUT2D eigenvalue weighted by molar-refractivity contribution is 6.25. The first-order valence-electron chi connectivity index (χ1n) is 8.59. The Kier molecular flexibility index (Phi) is 3.48. The van der Waals surface area contributed by atoms with Crippen LogP contribution in [0.2, 0.25) is 0 Å². The lowest BCUT2D eigenvalue weighted by Gasteiger charge is -2.15. The highest BCUT2D eigenvalue weighted by Crippen LogP contribution is 2.40. The van der Waals surface area contributed by atoms with Gasteiger partial charge in [-0.3, -0.25) is 14.7 Å². The lowest BCUT2D eigenvalue weighted by Crippen LogP contribution is -2.16. The molecule has 5 rings (SSSR count). The van der Waals surface area contributed by atoms with Gasteiger partial charge in [0, 0.05) is 18.5 Å². The van der Waals surface area contributed by atoms with Gasteiger partial charge in [-0.05, 0) is 18.2 Å². The Morgan fingerprint density at radius 3 is 3.00 bits per heavy atom. The number of carbonyl (C=O) groups is 1. The molecule has 3 heterocycles. The van der Waals surface area contributed by atoms with Crippen molar-refractivity contribution >= 4 is 34.3 Å². The van der Waals surface area contributed by atoms with Crippen molar-refractivity contribution in [2.45, 2.75) is 0 Å². The summed E-state index contributed by atoms with van der Waals surface area (Å²) in [5, 5.41) is 14.4. The highest BCUT2D eigenvalue weighted by atomic mass is 16.5. The molecule has 0 fully saturated rings. The Hall–Kier alpha value is -4.00. The van der Waals surface area contributed by atoms with Gasteiger partial charge in [0.15, 0.2) is 0 Å². The third-order valence-electron chi connectivity index (χ3n) is 4.75. The third-order valence-corrected chi connectivity index (χ3v) is 4.75. The van der Waals surface area contributed by atoms with E-state index in [-0.39, 0.29) is 17.1 Å². The minimum absolute atomic E-state index is 0.0676. The van der Waals surface area contributed by atoms with E-state index in [9.17, 15) is 9.90 Å². The molecule has 0 saturated heterocycles. The lowest BCUT2D eigenvalue weighted by molar-refractivity contribution is 0.103. The number of phenols is 1. The van der Waals surface area contributed by atoms with Crippen molar-refractivity contribution in [1.29, 1.82) is 0 Å².